The molecule has 0 heterocycles. The first-order valence-corrected chi connectivity index (χ1v) is 6.06. The minimum absolute atomic E-state index is 0.196. The van der Waals surface area contributed by atoms with Crippen LogP contribution in [0, 0.1) is 0 Å². The second kappa shape index (κ2) is 6.21. The molecule has 1 fully saturated rings. The molecule has 0 saturated heterocycles. The van der Waals surface area contributed by atoms with Gasteiger partial charge in [-0.1, -0.05) is 5.16 Å². The van der Waals surface area contributed by atoms with Gasteiger partial charge in [-0.3, -0.25) is 0 Å². The minimum atomic E-state index is 0.196. The summed E-state index contributed by atoms with van der Waals surface area (Å²) in [5, 5.41) is 14.8. The van der Waals surface area contributed by atoms with Gasteiger partial charge in [0.05, 0.1) is 18.9 Å². The zero-order valence-electron chi connectivity index (χ0n) is 10.6. The molecular formula is C12H24N2O2. The summed E-state index contributed by atoms with van der Waals surface area (Å²) in [5.41, 5.74) is 0.196. The van der Waals surface area contributed by atoms with E-state index in [9.17, 15) is 0 Å². The Labute approximate surface area is 98.1 Å². The topological polar surface area (TPSA) is 53.8 Å². The van der Waals surface area contributed by atoms with Crippen molar-refractivity contribution in [2.75, 3.05) is 6.61 Å². The molecule has 2 N–H and O–H groups in total. The summed E-state index contributed by atoms with van der Waals surface area (Å²) in [5.74, 6) is 0. The van der Waals surface area contributed by atoms with Gasteiger partial charge in [-0.25, -0.2) is 0 Å². The number of hydrogen-bond donors (Lipinski definition) is 2. The smallest absolute Gasteiger partial charge is 0.0855 e. The lowest BCUT2D eigenvalue weighted by Gasteiger charge is -2.34. The molecule has 0 aromatic rings. The molecule has 1 rings (SSSR count). The van der Waals surface area contributed by atoms with Crippen molar-refractivity contribution in [3.05, 3.63) is 0 Å². The summed E-state index contributed by atoms with van der Waals surface area (Å²) >= 11 is 0. The van der Waals surface area contributed by atoms with E-state index in [-0.39, 0.29) is 5.54 Å². The Morgan fingerprint density at radius 1 is 1.31 bits per heavy atom. The van der Waals surface area contributed by atoms with Crippen molar-refractivity contribution >= 4 is 6.21 Å². The van der Waals surface area contributed by atoms with E-state index in [1.807, 2.05) is 0 Å². The average Bonchev–Trinajstić information content (AvgIpc) is 2.19. The summed E-state index contributed by atoms with van der Waals surface area (Å²) in [7, 11) is 0. The van der Waals surface area contributed by atoms with Crippen molar-refractivity contribution in [3.8, 4) is 0 Å². The maximum Gasteiger partial charge on any atom is 0.0855 e. The molecule has 1 saturated carbocycles. The van der Waals surface area contributed by atoms with Crippen LogP contribution >= 0.6 is 0 Å². The fourth-order valence-corrected chi connectivity index (χ4v) is 2.20. The summed E-state index contributed by atoms with van der Waals surface area (Å²) in [6.45, 7) is 7.02. The van der Waals surface area contributed by atoms with Gasteiger partial charge >= 0.3 is 0 Å². The Morgan fingerprint density at radius 2 is 1.94 bits per heavy atom. The van der Waals surface area contributed by atoms with Gasteiger partial charge in [-0.05, 0) is 46.5 Å². The number of oxime groups is 1. The lowest BCUT2D eigenvalue weighted by Crippen LogP contribution is -2.45. The fraction of sp³-hybridized carbons (Fsp3) is 0.917. The first-order chi connectivity index (χ1) is 7.51. The molecule has 0 aromatic carbocycles. The third-order valence-electron chi connectivity index (χ3n) is 2.80. The molecule has 0 spiro atoms. The van der Waals surface area contributed by atoms with Crippen molar-refractivity contribution < 1.29 is 9.94 Å². The van der Waals surface area contributed by atoms with Crippen molar-refractivity contribution in [3.63, 3.8) is 0 Å². The van der Waals surface area contributed by atoms with Gasteiger partial charge in [-0.15, -0.1) is 0 Å². The van der Waals surface area contributed by atoms with Crippen molar-refractivity contribution in [2.45, 2.75) is 64.1 Å². The lowest BCUT2D eigenvalue weighted by atomic mass is 9.91. The van der Waals surface area contributed by atoms with Crippen LogP contribution in [0.25, 0.3) is 0 Å². The highest BCUT2D eigenvalue weighted by Crippen LogP contribution is 2.22. The van der Waals surface area contributed by atoms with Crippen LogP contribution < -0.4 is 5.32 Å². The van der Waals surface area contributed by atoms with Crippen molar-refractivity contribution in [2.24, 2.45) is 5.16 Å². The van der Waals surface area contributed by atoms with Crippen LogP contribution in [-0.2, 0) is 4.74 Å². The van der Waals surface area contributed by atoms with Gasteiger partial charge in [0.15, 0.2) is 0 Å². The highest BCUT2D eigenvalue weighted by molar-refractivity contribution is 5.57. The van der Waals surface area contributed by atoms with E-state index in [0.29, 0.717) is 18.8 Å². The van der Waals surface area contributed by atoms with E-state index < -0.39 is 0 Å². The zero-order valence-corrected chi connectivity index (χ0v) is 10.6. The Bertz CT molecular complexity index is 216. The third-order valence-corrected chi connectivity index (χ3v) is 2.80. The van der Waals surface area contributed by atoms with Crippen LogP contribution in [0.2, 0.25) is 0 Å². The number of ether oxygens (including phenoxy) is 1. The van der Waals surface area contributed by atoms with Gasteiger partial charge < -0.3 is 15.3 Å². The molecule has 0 unspecified atom stereocenters. The average molecular weight is 228 g/mol. The normalized spacial score (nSPS) is 27.4. The van der Waals surface area contributed by atoms with Gasteiger partial charge in [-0.2, -0.15) is 0 Å². The number of hydrogen-bond acceptors (Lipinski definition) is 4. The summed E-state index contributed by atoms with van der Waals surface area (Å²) in [6, 6.07) is 0.617. The number of nitrogens with zero attached hydrogens (tertiary/aromatic N) is 1. The molecule has 94 valence electrons. The molecule has 0 bridgehead atoms. The summed E-state index contributed by atoms with van der Waals surface area (Å²) in [4.78, 5) is 0. The second-order valence-electron chi connectivity index (χ2n) is 5.50. The third kappa shape index (κ3) is 5.47. The van der Waals surface area contributed by atoms with E-state index in [2.05, 4.69) is 31.2 Å². The first kappa shape index (κ1) is 13.5. The maximum atomic E-state index is 8.24. The molecule has 1 aliphatic carbocycles. The van der Waals surface area contributed by atoms with Crippen LogP contribution in [0.4, 0.5) is 0 Å². The monoisotopic (exact) mass is 228 g/mol. The Hall–Kier alpha value is -0.610. The van der Waals surface area contributed by atoms with Gasteiger partial charge in [0.25, 0.3) is 0 Å². The van der Waals surface area contributed by atoms with Crippen LogP contribution in [0.5, 0.6) is 0 Å². The minimum Gasteiger partial charge on any atom is -0.411 e. The predicted molar refractivity (Wildman–Crippen MR) is 65.2 cm³/mol. The predicted octanol–water partition coefficient (Wildman–Crippen LogP) is 2.16. The van der Waals surface area contributed by atoms with Gasteiger partial charge in [0.2, 0.25) is 0 Å². The fourth-order valence-electron chi connectivity index (χ4n) is 2.20. The standard InChI is InChI=1S/C12H24N2O2/c1-12(2,3)14-10-4-6-11(7-5-10)16-9-8-13-15/h8,10-11,14-15H,4-7,9H2,1-3H3/b13-8+. The van der Waals surface area contributed by atoms with Gasteiger partial charge in [0.1, 0.15) is 0 Å². The van der Waals surface area contributed by atoms with Crippen LogP contribution in [0.3, 0.4) is 0 Å². The lowest BCUT2D eigenvalue weighted by molar-refractivity contribution is 0.0437. The molecule has 16 heavy (non-hydrogen) atoms. The Morgan fingerprint density at radius 3 is 2.44 bits per heavy atom. The van der Waals surface area contributed by atoms with Gasteiger partial charge in [0, 0.05) is 11.6 Å². The Kier molecular flexibility index (Phi) is 5.22. The SMILES string of the molecule is CC(C)(C)NC1CCC(OC/C=N/O)CC1. The van der Waals surface area contributed by atoms with Crippen LogP contribution in [0.15, 0.2) is 5.16 Å². The largest absolute Gasteiger partial charge is 0.411 e. The molecule has 0 aliphatic heterocycles. The molecule has 0 radical (unpaired) electrons. The van der Waals surface area contributed by atoms with Crippen molar-refractivity contribution in [1.82, 2.24) is 5.32 Å². The van der Waals surface area contributed by atoms with E-state index in [1.54, 1.807) is 0 Å². The van der Waals surface area contributed by atoms with Crippen molar-refractivity contribution in [1.29, 1.82) is 0 Å². The van der Waals surface area contributed by atoms with E-state index in [0.717, 1.165) is 25.7 Å². The molecule has 4 heteroatoms. The highest BCUT2D eigenvalue weighted by atomic mass is 16.5. The zero-order chi connectivity index (χ0) is 12.0. The second-order valence-corrected chi connectivity index (χ2v) is 5.50. The Balaban J connectivity index is 2.18. The molecule has 0 aromatic heterocycles. The molecule has 1 aliphatic rings. The molecular weight excluding hydrogens is 204 g/mol. The molecule has 4 nitrogen and oxygen atoms in total. The number of nitrogens with one attached hydrogen (secondary N) is 1. The quantitative estimate of drug-likeness (QED) is 0.440. The number of rotatable bonds is 4. The van der Waals surface area contributed by atoms with Crippen LogP contribution in [-0.4, -0.2) is 35.7 Å². The summed E-state index contributed by atoms with van der Waals surface area (Å²) in [6.07, 6.45) is 6.23. The highest BCUT2D eigenvalue weighted by Gasteiger charge is 2.24. The molecule has 0 amide bonds. The van der Waals surface area contributed by atoms with E-state index >= 15 is 0 Å². The van der Waals surface area contributed by atoms with Crippen LogP contribution in [0.1, 0.15) is 46.5 Å². The maximum absolute atomic E-state index is 8.24. The first-order valence-electron chi connectivity index (χ1n) is 6.06. The molecule has 0 atom stereocenters. The summed E-state index contributed by atoms with van der Waals surface area (Å²) < 4.78 is 5.56. The van der Waals surface area contributed by atoms with E-state index in [1.165, 1.54) is 6.21 Å². The van der Waals surface area contributed by atoms with E-state index in [4.69, 9.17) is 9.94 Å².